The van der Waals surface area contributed by atoms with Crippen LogP contribution < -0.4 is 14.8 Å². The molecule has 1 aromatic carbocycles. The fraction of sp³-hybridized carbons (Fsp3) is 0.333. The second-order valence-corrected chi connectivity index (χ2v) is 5.14. The van der Waals surface area contributed by atoms with Crippen LogP contribution in [-0.2, 0) is 0 Å². The lowest BCUT2D eigenvalue weighted by Crippen LogP contribution is -2.22. The third kappa shape index (κ3) is 3.46. The van der Waals surface area contributed by atoms with Gasteiger partial charge in [-0.15, -0.1) is 0 Å². The zero-order valence-electron chi connectivity index (χ0n) is 12.1. The minimum Gasteiger partial charge on any atom is -0.493 e. The summed E-state index contributed by atoms with van der Waals surface area (Å²) in [6.45, 7) is 2.75. The van der Waals surface area contributed by atoms with Gasteiger partial charge in [-0.05, 0) is 41.9 Å². The van der Waals surface area contributed by atoms with E-state index in [0.29, 0.717) is 27.5 Å². The number of furan rings is 1. The first-order chi connectivity index (χ1) is 10.1. The molecule has 0 bridgehead atoms. The van der Waals surface area contributed by atoms with Crippen molar-refractivity contribution < 1.29 is 13.9 Å². The molecular weight excluding hydrogens is 313 g/mol. The van der Waals surface area contributed by atoms with E-state index in [2.05, 4.69) is 5.32 Å². The van der Waals surface area contributed by atoms with Crippen LogP contribution in [0.4, 0.5) is 0 Å². The van der Waals surface area contributed by atoms with Crippen LogP contribution in [-0.4, -0.2) is 20.8 Å². The van der Waals surface area contributed by atoms with Crippen LogP contribution in [0.3, 0.4) is 0 Å². The maximum Gasteiger partial charge on any atom is 0.193 e. The molecule has 21 heavy (non-hydrogen) atoms. The quantitative estimate of drug-likeness (QED) is 0.857. The molecule has 1 aromatic heterocycles. The van der Waals surface area contributed by atoms with Gasteiger partial charge in [-0.3, -0.25) is 0 Å². The van der Waals surface area contributed by atoms with Gasteiger partial charge in [0.15, 0.2) is 16.7 Å². The van der Waals surface area contributed by atoms with E-state index in [1.165, 1.54) is 0 Å². The highest BCUT2D eigenvalue weighted by Crippen LogP contribution is 2.38. The van der Waals surface area contributed by atoms with Crippen molar-refractivity contribution in [3.8, 4) is 11.5 Å². The smallest absolute Gasteiger partial charge is 0.193 e. The van der Waals surface area contributed by atoms with Crippen LogP contribution in [0.1, 0.15) is 24.3 Å². The van der Waals surface area contributed by atoms with Crippen LogP contribution in [0, 0.1) is 0 Å². The SMILES string of the molecule is CCNC(c1ccc(Cl)o1)c1cc(OC)c(OC)cc1Cl. The molecular formula is C15H17Cl2NO3. The first-order valence-corrected chi connectivity index (χ1v) is 7.26. The summed E-state index contributed by atoms with van der Waals surface area (Å²) < 4.78 is 16.1. The fourth-order valence-corrected chi connectivity index (χ4v) is 2.56. The molecule has 0 saturated heterocycles. The van der Waals surface area contributed by atoms with Crippen molar-refractivity contribution in [3.63, 3.8) is 0 Å². The van der Waals surface area contributed by atoms with Gasteiger partial charge in [-0.25, -0.2) is 0 Å². The van der Waals surface area contributed by atoms with Gasteiger partial charge in [-0.2, -0.15) is 0 Å². The Balaban J connectivity index is 2.49. The van der Waals surface area contributed by atoms with Crippen molar-refractivity contribution in [1.82, 2.24) is 5.32 Å². The summed E-state index contributed by atoms with van der Waals surface area (Å²) in [5.74, 6) is 1.88. The van der Waals surface area contributed by atoms with Crippen molar-refractivity contribution in [2.45, 2.75) is 13.0 Å². The summed E-state index contributed by atoms with van der Waals surface area (Å²) in [5, 5.41) is 4.22. The number of nitrogens with one attached hydrogen (secondary N) is 1. The molecule has 4 nitrogen and oxygen atoms in total. The molecule has 114 valence electrons. The fourth-order valence-electron chi connectivity index (χ4n) is 2.14. The summed E-state index contributed by atoms with van der Waals surface area (Å²) in [6.07, 6.45) is 0. The van der Waals surface area contributed by atoms with E-state index in [0.717, 1.165) is 12.1 Å². The highest BCUT2D eigenvalue weighted by molar-refractivity contribution is 6.31. The molecule has 0 aliphatic rings. The number of ether oxygens (including phenoxy) is 2. The summed E-state index contributed by atoms with van der Waals surface area (Å²) in [4.78, 5) is 0. The number of methoxy groups -OCH3 is 2. The third-order valence-corrected chi connectivity index (χ3v) is 3.63. The molecule has 1 heterocycles. The number of rotatable bonds is 6. The molecule has 1 unspecified atom stereocenters. The molecule has 0 radical (unpaired) electrons. The highest BCUT2D eigenvalue weighted by atomic mass is 35.5. The van der Waals surface area contributed by atoms with Crippen molar-refractivity contribution in [3.05, 3.63) is 45.8 Å². The van der Waals surface area contributed by atoms with Gasteiger partial charge in [0.2, 0.25) is 0 Å². The molecule has 0 fully saturated rings. The molecule has 6 heteroatoms. The lowest BCUT2D eigenvalue weighted by molar-refractivity contribution is 0.353. The molecule has 0 aliphatic carbocycles. The second kappa shape index (κ2) is 7.07. The summed E-state index contributed by atoms with van der Waals surface area (Å²) in [7, 11) is 3.16. The second-order valence-electron chi connectivity index (χ2n) is 4.36. The van der Waals surface area contributed by atoms with Crippen LogP contribution >= 0.6 is 23.2 Å². The Morgan fingerprint density at radius 2 is 1.81 bits per heavy atom. The minimum absolute atomic E-state index is 0.213. The van der Waals surface area contributed by atoms with Gasteiger partial charge in [0.05, 0.1) is 20.3 Å². The number of hydrogen-bond donors (Lipinski definition) is 1. The molecule has 2 aromatic rings. The molecule has 0 spiro atoms. The lowest BCUT2D eigenvalue weighted by Gasteiger charge is -2.19. The van der Waals surface area contributed by atoms with Crippen LogP contribution in [0.25, 0.3) is 0 Å². The maximum absolute atomic E-state index is 6.37. The Morgan fingerprint density at radius 1 is 1.14 bits per heavy atom. The zero-order chi connectivity index (χ0) is 15.4. The van der Waals surface area contributed by atoms with E-state index in [1.54, 1.807) is 26.4 Å². The number of hydrogen-bond acceptors (Lipinski definition) is 4. The van der Waals surface area contributed by atoms with E-state index in [-0.39, 0.29) is 6.04 Å². The van der Waals surface area contributed by atoms with Crippen molar-refractivity contribution >= 4 is 23.2 Å². The minimum atomic E-state index is -0.213. The Kier molecular flexibility index (Phi) is 5.39. The van der Waals surface area contributed by atoms with Crippen LogP contribution in [0.15, 0.2) is 28.7 Å². The van der Waals surface area contributed by atoms with Gasteiger partial charge < -0.3 is 19.2 Å². The molecule has 0 saturated carbocycles. The molecule has 1 N–H and O–H groups in total. The monoisotopic (exact) mass is 329 g/mol. The molecule has 1 atom stereocenters. The van der Waals surface area contributed by atoms with Crippen LogP contribution in [0.5, 0.6) is 11.5 Å². The Hall–Kier alpha value is -1.36. The first kappa shape index (κ1) is 16.0. The predicted molar refractivity (Wildman–Crippen MR) is 83.8 cm³/mol. The number of halogens is 2. The van der Waals surface area contributed by atoms with E-state index < -0.39 is 0 Å². The first-order valence-electron chi connectivity index (χ1n) is 6.50. The summed E-state index contributed by atoms with van der Waals surface area (Å²) >= 11 is 12.2. The topological polar surface area (TPSA) is 43.6 Å². The normalized spacial score (nSPS) is 12.2. The van der Waals surface area contributed by atoms with E-state index in [1.807, 2.05) is 19.1 Å². The van der Waals surface area contributed by atoms with Gasteiger partial charge in [0, 0.05) is 11.1 Å². The summed E-state index contributed by atoms with van der Waals surface area (Å²) in [5.41, 5.74) is 0.835. The average molecular weight is 330 g/mol. The van der Waals surface area contributed by atoms with Gasteiger partial charge in [0.25, 0.3) is 0 Å². The Bertz CT molecular complexity index is 613. The van der Waals surface area contributed by atoms with Crippen LogP contribution in [0.2, 0.25) is 10.2 Å². The van der Waals surface area contributed by atoms with E-state index in [4.69, 9.17) is 37.1 Å². The molecule has 0 amide bonds. The number of benzene rings is 1. The van der Waals surface area contributed by atoms with Gasteiger partial charge >= 0.3 is 0 Å². The van der Waals surface area contributed by atoms with Crippen molar-refractivity contribution in [2.24, 2.45) is 0 Å². The average Bonchev–Trinajstić information content (AvgIpc) is 2.91. The van der Waals surface area contributed by atoms with Crippen molar-refractivity contribution in [1.29, 1.82) is 0 Å². The predicted octanol–water partition coefficient (Wildman–Crippen LogP) is 4.30. The third-order valence-electron chi connectivity index (χ3n) is 3.10. The largest absolute Gasteiger partial charge is 0.493 e. The van der Waals surface area contributed by atoms with Crippen molar-refractivity contribution in [2.75, 3.05) is 20.8 Å². The highest BCUT2D eigenvalue weighted by Gasteiger charge is 2.22. The standard InChI is InChI=1S/C15H17Cl2NO3/c1-4-18-15(11-5-6-14(17)21-11)9-7-12(19-2)13(20-3)8-10(9)16/h5-8,15,18H,4H2,1-3H3. The molecule has 2 rings (SSSR count). The Labute approximate surface area is 133 Å². The lowest BCUT2D eigenvalue weighted by atomic mass is 10.0. The zero-order valence-corrected chi connectivity index (χ0v) is 13.6. The maximum atomic E-state index is 6.37. The Morgan fingerprint density at radius 3 is 2.33 bits per heavy atom. The summed E-state index contributed by atoms with van der Waals surface area (Å²) in [6, 6.07) is 6.88. The van der Waals surface area contributed by atoms with Gasteiger partial charge in [0.1, 0.15) is 5.76 Å². The van der Waals surface area contributed by atoms with E-state index >= 15 is 0 Å². The van der Waals surface area contributed by atoms with Gasteiger partial charge in [-0.1, -0.05) is 18.5 Å². The molecule has 0 aliphatic heterocycles. The van der Waals surface area contributed by atoms with E-state index in [9.17, 15) is 0 Å².